The molecule has 3 aromatic rings. The number of phenols is 2. The summed E-state index contributed by atoms with van der Waals surface area (Å²) < 4.78 is 36.0. The Balaban J connectivity index is 1.24. The zero-order valence-corrected chi connectivity index (χ0v) is 31.2. The standard InChI is InChI=1S/C39H41N3O11S/c1-15-8-19-20-11-41-28(20)37(46)42-22-12-50-38(47)39(21-10-24(48-4)23(44)9-18(21)6-7-40-39)13-54-36(30(42)29(41)25(19)31(45)32(15)49-5)27-26(22)35-34(51-14-52-35)16(2)33(27)53-17(3)43/h8-10,20,22,28-30,36-37,40,44-46H,6-7,11-14H2,1-5H3/t20?,22-,28?,29?,30?,36-,37+,39-/m1/s1. The fourth-order valence-corrected chi connectivity index (χ4v) is 12.3. The van der Waals surface area contributed by atoms with Crippen molar-refractivity contribution in [3.63, 3.8) is 0 Å². The minimum absolute atomic E-state index is 0.0181. The van der Waals surface area contributed by atoms with Crippen LogP contribution in [0.1, 0.15) is 74.7 Å². The van der Waals surface area contributed by atoms with Crippen LogP contribution in [-0.2, 0) is 26.3 Å². The molecule has 3 aromatic carbocycles. The number of rotatable bonds is 3. The van der Waals surface area contributed by atoms with E-state index in [2.05, 4.69) is 16.3 Å². The molecule has 5 unspecified atom stereocenters. The summed E-state index contributed by atoms with van der Waals surface area (Å²) in [6.07, 6.45) is -0.423. The molecule has 8 heterocycles. The number of carbonyl (C=O) groups excluding carboxylic acids is 2. The molecule has 284 valence electrons. The Morgan fingerprint density at radius 2 is 1.81 bits per heavy atom. The highest BCUT2D eigenvalue weighted by molar-refractivity contribution is 7.99. The highest BCUT2D eigenvalue weighted by atomic mass is 32.2. The maximum absolute atomic E-state index is 14.7. The molecule has 8 aliphatic rings. The van der Waals surface area contributed by atoms with E-state index < -0.39 is 47.1 Å². The number of benzene rings is 3. The van der Waals surface area contributed by atoms with Gasteiger partial charge in [-0.3, -0.25) is 19.9 Å². The molecule has 0 aliphatic carbocycles. The Kier molecular flexibility index (Phi) is 7.45. The average Bonchev–Trinajstić information content (AvgIpc) is 3.63. The number of methoxy groups -OCH3 is 2. The number of esters is 2. The molecule has 3 fully saturated rings. The first-order valence-electron chi connectivity index (χ1n) is 18.2. The first-order chi connectivity index (χ1) is 26.0. The van der Waals surface area contributed by atoms with E-state index in [4.69, 9.17) is 28.4 Å². The quantitative estimate of drug-likeness (QED) is 0.227. The molecule has 0 aromatic heterocycles. The number of hydrogen-bond donors (Lipinski definition) is 4. The van der Waals surface area contributed by atoms with Crippen LogP contribution in [0.25, 0.3) is 0 Å². The number of aliphatic hydroxyl groups excluding tert-OH is 1. The van der Waals surface area contributed by atoms with E-state index in [1.165, 1.54) is 25.8 Å². The molecule has 9 atom stereocenters. The number of aromatic hydroxyl groups is 2. The molecular weight excluding hydrogens is 719 g/mol. The van der Waals surface area contributed by atoms with E-state index in [-0.39, 0.29) is 48.4 Å². The number of phenolic OH excluding ortho intramolecular Hbond substituents is 2. The molecule has 11 rings (SSSR count). The molecular formula is C39H41N3O11S. The molecule has 0 saturated carbocycles. The zero-order valence-electron chi connectivity index (χ0n) is 30.4. The fraction of sp³-hybridized carbons (Fsp3) is 0.487. The maximum Gasteiger partial charge on any atom is 0.331 e. The lowest BCUT2D eigenvalue weighted by atomic mass is 9.64. The van der Waals surface area contributed by atoms with Gasteiger partial charge in [0.15, 0.2) is 40.0 Å². The summed E-state index contributed by atoms with van der Waals surface area (Å²) in [6, 6.07) is 3.42. The Bertz CT molecular complexity index is 2180. The van der Waals surface area contributed by atoms with Crippen molar-refractivity contribution in [3.8, 4) is 40.2 Å². The highest BCUT2D eigenvalue weighted by Gasteiger charge is 2.67. The average molecular weight is 760 g/mol. The van der Waals surface area contributed by atoms with Gasteiger partial charge in [0.2, 0.25) is 6.79 Å². The topological polar surface area (TPSA) is 169 Å². The minimum Gasteiger partial charge on any atom is -0.504 e. The second kappa shape index (κ2) is 11.8. The molecule has 54 heavy (non-hydrogen) atoms. The summed E-state index contributed by atoms with van der Waals surface area (Å²) in [5.74, 6) is 1.02. The molecule has 0 amide bonds. The molecule has 4 N–H and O–H groups in total. The Hall–Kier alpha value is -4.41. The van der Waals surface area contributed by atoms with E-state index >= 15 is 0 Å². The van der Waals surface area contributed by atoms with Crippen LogP contribution in [0, 0.1) is 13.8 Å². The summed E-state index contributed by atoms with van der Waals surface area (Å²) in [6.45, 7) is 6.01. The number of thioether (sulfide) groups is 1. The lowest BCUT2D eigenvalue weighted by Gasteiger charge is -2.69. The first-order valence-corrected chi connectivity index (χ1v) is 19.3. The van der Waals surface area contributed by atoms with Crippen LogP contribution in [-0.4, -0.2) is 102 Å². The summed E-state index contributed by atoms with van der Waals surface area (Å²) in [5, 5.41) is 38.3. The molecule has 3 saturated heterocycles. The van der Waals surface area contributed by atoms with Crippen LogP contribution in [0.2, 0.25) is 0 Å². The molecule has 8 aliphatic heterocycles. The number of carbonyl (C=O) groups is 2. The van der Waals surface area contributed by atoms with Crippen molar-refractivity contribution in [3.05, 3.63) is 62.7 Å². The second-order valence-corrected chi connectivity index (χ2v) is 16.3. The monoisotopic (exact) mass is 759 g/mol. The van der Waals surface area contributed by atoms with Crippen molar-refractivity contribution >= 4 is 23.7 Å². The van der Waals surface area contributed by atoms with Gasteiger partial charge in [0.05, 0.1) is 37.6 Å². The number of aryl methyl sites for hydroxylation is 1. The van der Waals surface area contributed by atoms with Crippen LogP contribution >= 0.6 is 11.8 Å². The number of piperazine rings is 1. The second-order valence-electron chi connectivity index (χ2n) is 15.2. The van der Waals surface area contributed by atoms with E-state index in [1.807, 2.05) is 18.7 Å². The normalized spacial score (nSPS) is 32.4. The van der Waals surface area contributed by atoms with Crippen LogP contribution in [0.3, 0.4) is 0 Å². The van der Waals surface area contributed by atoms with Gasteiger partial charge >= 0.3 is 11.9 Å². The van der Waals surface area contributed by atoms with Gasteiger partial charge < -0.3 is 43.7 Å². The van der Waals surface area contributed by atoms with Crippen molar-refractivity contribution in [2.24, 2.45) is 0 Å². The van der Waals surface area contributed by atoms with Gasteiger partial charge in [-0.05, 0) is 54.7 Å². The van der Waals surface area contributed by atoms with Crippen LogP contribution in [0.15, 0.2) is 18.2 Å². The van der Waals surface area contributed by atoms with E-state index in [9.17, 15) is 24.9 Å². The Morgan fingerprint density at radius 1 is 1.02 bits per heavy atom. The molecule has 0 radical (unpaired) electrons. The van der Waals surface area contributed by atoms with Gasteiger partial charge in [-0.1, -0.05) is 6.07 Å². The Labute approximate surface area is 315 Å². The Morgan fingerprint density at radius 3 is 2.57 bits per heavy atom. The highest BCUT2D eigenvalue weighted by Crippen LogP contribution is 2.68. The summed E-state index contributed by atoms with van der Waals surface area (Å²) in [5.41, 5.74) is 4.57. The number of aliphatic hydroxyl groups is 1. The third-order valence-corrected chi connectivity index (χ3v) is 14.2. The van der Waals surface area contributed by atoms with Gasteiger partial charge in [0, 0.05) is 60.0 Å². The number of ether oxygens (including phenoxy) is 6. The summed E-state index contributed by atoms with van der Waals surface area (Å²) >= 11 is 1.48. The van der Waals surface area contributed by atoms with E-state index in [1.54, 1.807) is 19.2 Å². The molecule has 1 spiro atoms. The van der Waals surface area contributed by atoms with Crippen LogP contribution in [0.5, 0.6) is 40.2 Å². The summed E-state index contributed by atoms with van der Waals surface area (Å²) in [4.78, 5) is 31.9. The van der Waals surface area contributed by atoms with Gasteiger partial charge in [0.1, 0.15) is 18.6 Å². The predicted molar refractivity (Wildman–Crippen MR) is 193 cm³/mol. The first kappa shape index (κ1) is 34.1. The number of fused-ring (bicyclic) bond motifs is 8. The van der Waals surface area contributed by atoms with Crippen molar-refractivity contribution in [2.45, 2.75) is 74.3 Å². The van der Waals surface area contributed by atoms with Gasteiger partial charge in [-0.15, -0.1) is 11.8 Å². The van der Waals surface area contributed by atoms with Crippen LogP contribution in [0.4, 0.5) is 0 Å². The van der Waals surface area contributed by atoms with Crippen molar-refractivity contribution in [2.75, 3.05) is 46.5 Å². The predicted octanol–water partition coefficient (Wildman–Crippen LogP) is 3.34. The van der Waals surface area contributed by atoms with Gasteiger partial charge in [-0.2, -0.15) is 0 Å². The van der Waals surface area contributed by atoms with Gasteiger partial charge in [-0.25, -0.2) is 4.79 Å². The molecule has 15 heteroatoms. The van der Waals surface area contributed by atoms with Crippen molar-refractivity contribution in [1.29, 1.82) is 0 Å². The van der Waals surface area contributed by atoms with Gasteiger partial charge in [0.25, 0.3) is 0 Å². The summed E-state index contributed by atoms with van der Waals surface area (Å²) in [7, 11) is 3.01. The third-order valence-electron chi connectivity index (χ3n) is 12.7. The third kappa shape index (κ3) is 4.27. The van der Waals surface area contributed by atoms with Crippen molar-refractivity contribution < 1.29 is 53.3 Å². The fourth-order valence-electron chi connectivity index (χ4n) is 10.6. The molecule has 6 bridgehead atoms. The number of hydrogen-bond acceptors (Lipinski definition) is 15. The zero-order chi connectivity index (χ0) is 37.5. The largest absolute Gasteiger partial charge is 0.504 e. The smallest absolute Gasteiger partial charge is 0.331 e. The SMILES string of the molecule is COc1cc2c(cc1O)CCN[C@]21CS[C@@H]2c3c(OC(C)=O)c(C)c4c(c3[C@@H](COC1=O)N1C2C2c3c(cc(C)c(OC)c3O)C3CN2C3[C@@H]1O)OCO4. The lowest BCUT2D eigenvalue weighted by Crippen LogP contribution is -2.77. The number of nitrogens with one attached hydrogen (secondary N) is 1. The van der Waals surface area contributed by atoms with E-state index in [0.29, 0.717) is 64.8 Å². The van der Waals surface area contributed by atoms with Crippen molar-refractivity contribution in [1.82, 2.24) is 15.1 Å². The van der Waals surface area contributed by atoms with E-state index in [0.717, 1.165) is 22.3 Å². The minimum atomic E-state index is -1.35. The lowest BCUT2D eigenvalue weighted by molar-refractivity contribution is -0.228. The maximum atomic E-state index is 14.7. The van der Waals surface area contributed by atoms with Crippen LogP contribution < -0.4 is 29.0 Å². The number of nitrogens with zero attached hydrogens (tertiary/aromatic N) is 2. The molecule has 14 nitrogen and oxygen atoms in total.